The van der Waals surface area contributed by atoms with Crippen LogP contribution in [-0.4, -0.2) is 18.0 Å². The van der Waals surface area contributed by atoms with Crippen molar-refractivity contribution in [1.29, 1.82) is 0 Å². The van der Waals surface area contributed by atoms with Gasteiger partial charge in [-0.2, -0.15) is 0 Å². The van der Waals surface area contributed by atoms with E-state index in [1.165, 1.54) is 0 Å². The van der Waals surface area contributed by atoms with Crippen molar-refractivity contribution < 1.29 is 27.3 Å². The molecule has 1 atom stereocenters. The molecule has 0 aromatic heterocycles. The molecule has 0 aliphatic heterocycles. The van der Waals surface area contributed by atoms with Gasteiger partial charge in [0.1, 0.15) is 0 Å². The van der Waals surface area contributed by atoms with E-state index in [1.54, 1.807) is 24.3 Å². The zero-order valence-corrected chi connectivity index (χ0v) is 15.6. The topological polar surface area (TPSA) is 61.8 Å². The van der Waals surface area contributed by atoms with Crippen molar-refractivity contribution in [2.24, 2.45) is 0 Å². The molecular weight excluding hydrogens is 382 g/mol. The molecule has 140 valence electrons. The lowest BCUT2D eigenvalue weighted by atomic mass is 10.2. The predicted molar refractivity (Wildman–Crippen MR) is 96.4 cm³/mol. The first kappa shape index (κ1) is 20.7. The molecule has 0 N–H and O–H groups in total. The monoisotopic (exact) mass is 400 g/mol. The molecule has 0 saturated heterocycles. The summed E-state index contributed by atoms with van der Waals surface area (Å²) in [6.45, 7) is -0.332. The smallest absolute Gasteiger partial charge is 0.287 e. The SMILES string of the molecule is O=C(Cl)[C@H](F)CCOP(=O)(OCc1ccccc1)OCc1ccccc1. The predicted octanol–water partition coefficient (Wildman–Crippen LogP) is 5.04. The third-order valence-corrected chi connectivity index (χ3v) is 4.96. The summed E-state index contributed by atoms with van der Waals surface area (Å²) in [7, 11) is -3.96. The molecule has 26 heavy (non-hydrogen) atoms. The first-order valence-electron chi connectivity index (χ1n) is 7.93. The van der Waals surface area contributed by atoms with Crippen molar-refractivity contribution in [3.8, 4) is 0 Å². The summed E-state index contributed by atoms with van der Waals surface area (Å²) in [5.74, 6) is 0. The first-order chi connectivity index (χ1) is 12.5. The van der Waals surface area contributed by atoms with Crippen molar-refractivity contribution >= 4 is 24.7 Å². The Morgan fingerprint density at radius 3 is 1.81 bits per heavy atom. The number of phosphoric ester groups is 1. The molecule has 0 saturated carbocycles. The van der Waals surface area contributed by atoms with E-state index in [-0.39, 0.29) is 26.2 Å². The Morgan fingerprint density at radius 2 is 1.38 bits per heavy atom. The van der Waals surface area contributed by atoms with Gasteiger partial charge >= 0.3 is 7.82 Å². The van der Waals surface area contributed by atoms with Gasteiger partial charge in [-0.05, 0) is 22.7 Å². The van der Waals surface area contributed by atoms with Gasteiger partial charge < -0.3 is 0 Å². The van der Waals surface area contributed by atoms with E-state index in [4.69, 9.17) is 25.2 Å². The fraction of sp³-hybridized carbons (Fsp3) is 0.278. The molecule has 0 fully saturated rings. The minimum atomic E-state index is -3.96. The maximum atomic E-state index is 13.3. The Bertz CT molecular complexity index is 681. The second kappa shape index (κ2) is 10.6. The Hall–Kier alpha value is -1.56. The van der Waals surface area contributed by atoms with E-state index in [0.717, 1.165) is 11.1 Å². The van der Waals surface area contributed by atoms with Gasteiger partial charge in [0.05, 0.1) is 19.8 Å². The Balaban J connectivity index is 1.96. The van der Waals surface area contributed by atoms with Crippen LogP contribution in [0.2, 0.25) is 0 Å². The number of alkyl halides is 1. The fourth-order valence-corrected chi connectivity index (χ4v) is 3.23. The van der Waals surface area contributed by atoms with Crippen molar-refractivity contribution in [2.75, 3.05) is 6.61 Å². The molecule has 0 aliphatic carbocycles. The Labute approximate surface area is 156 Å². The van der Waals surface area contributed by atoms with Crippen molar-refractivity contribution in [3.63, 3.8) is 0 Å². The molecule has 0 bridgehead atoms. The molecule has 0 amide bonds. The summed E-state index contributed by atoms with van der Waals surface area (Å²) in [5, 5.41) is -1.13. The largest absolute Gasteiger partial charge is 0.475 e. The highest BCUT2D eigenvalue weighted by Crippen LogP contribution is 2.51. The number of benzene rings is 2. The molecule has 2 aromatic carbocycles. The van der Waals surface area contributed by atoms with Gasteiger partial charge in [0, 0.05) is 6.42 Å². The van der Waals surface area contributed by atoms with Gasteiger partial charge in [0.15, 0.2) is 6.17 Å². The number of phosphoric acid groups is 1. The number of hydrogen-bond acceptors (Lipinski definition) is 5. The first-order valence-corrected chi connectivity index (χ1v) is 9.77. The molecule has 2 rings (SSSR count). The Kier molecular flexibility index (Phi) is 8.42. The van der Waals surface area contributed by atoms with Gasteiger partial charge in [-0.1, -0.05) is 60.7 Å². The fourth-order valence-electron chi connectivity index (χ4n) is 1.95. The van der Waals surface area contributed by atoms with Crippen molar-refractivity contribution in [2.45, 2.75) is 25.8 Å². The van der Waals surface area contributed by atoms with Gasteiger partial charge in [0.2, 0.25) is 0 Å². The quantitative estimate of drug-likeness (QED) is 0.390. The molecular formula is C18H19ClFO5P. The summed E-state index contributed by atoms with van der Waals surface area (Å²) in [5.41, 5.74) is 1.55. The number of carbonyl (C=O) groups is 1. The van der Waals surface area contributed by atoms with Crippen LogP contribution in [0.4, 0.5) is 4.39 Å². The lowest BCUT2D eigenvalue weighted by Gasteiger charge is -2.18. The summed E-state index contributed by atoms with van der Waals surface area (Å²) >= 11 is 5.06. The van der Waals surface area contributed by atoms with Crippen LogP contribution in [0.3, 0.4) is 0 Å². The van der Waals surface area contributed by atoms with E-state index >= 15 is 0 Å². The third-order valence-electron chi connectivity index (χ3n) is 3.33. The van der Waals surface area contributed by atoms with Crippen LogP contribution in [0, 0.1) is 0 Å². The van der Waals surface area contributed by atoms with E-state index in [2.05, 4.69) is 0 Å². The number of hydrogen-bond donors (Lipinski definition) is 0. The molecule has 8 heteroatoms. The van der Waals surface area contributed by atoms with Crippen LogP contribution >= 0.6 is 19.4 Å². The average molecular weight is 401 g/mol. The van der Waals surface area contributed by atoms with Crippen LogP contribution in [-0.2, 0) is 36.1 Å². The molecule has 0 radical (unpaired) electrons. The van der Waals surface area contributed by atoms with Crippen LogP contribution < -0.4 is 0 Å². The van der Waals surface area contributed by atoms with Crippen molar-refractivity contribution in [3.05, 3.63) is 71.8 Å². The van der Waals surface area contributed by atoms with E-state index in [0.29, 0.717) is 0 Å². The lowest BCUT2D eigenvalue weighted by molar-refractivity contribution is -0.116. The standard InChI is InChI=1S/C18H19ClFO5P/c19-18(21)17(20)11-12-23-26(22,24-13-15-7-3-1-4-8-15)25-14-16-9-5-2-6-10-16/h1-10,17H,11-14H2/t17-/m1/s1. The summed E-state index contributed by atoms with van der Waals surface area (Å²) in [6, 6.07) is 18.1. The number of carbonyl (C=O) groups excluding carboxylic acids is 1. The average Bonchev–Trinajstić information content (AvgIpc) is 2.66. The number of halogens is 2. The van der Waals surface area contributed by atoms with E-state index in [1.807, 2.05) is 36.4 Å². The number of rotatable bonds is 11. The van der Waals surface area contributed by atoms with Gasteiger partial charge in [-0.15, -0.1) is 0 Å². The zero-order valence-electron chi connectivity index (χ0n) is 13.9. The highest BCUT2D eigenvalue weighted by atomic mass is 35.5. The Morgan fingerprint density at radius 1 is 0.923 bits per heavy atom. The van der Waals surface area contributed by atoms with Crippen LogP contribution in [0.1, 0.15) is 17.5 Å². The maximum Gasteiger partial charge on any atom is 0.475 e. The molecule has 2 aromatic rings. The minimum absolute atomic E-state index is 0.000395. The van der Waals surface area contributed by atoms with E-state index in [9.17, 15) is 13.8 Å². The summed E-state index contributed by atoms with van der Waals surface area (Å²) in [6.07, 6.45) is -2.23. The summed E-state index contributed by atoms with van der Waals surface area (Å²) < 4.78 is 41.9. The second-order valence-electron chi connectivity index (χ2n) is 5.36. The van der Waals surface area contributed by atoms with Gasteiger partial charge in [0.25, 0.3) is 5.24 Å². The van der Waals surface area contributed by atoms with Crippen LogP contribution in [0.5, 0.6) is 0 Å². The van der Waals surface area contributed by atoms with Crippen molar-refractivity contribution in [1.82, 2.24) is 0 Å². The van der Waals surface area contributed by atoms with Crippen LogP contribution in [0.15, 0.2) is 60.7 Å². The minimum Gasteiger partial charge on any atom is -0.287 e. The van der Waals surface area contributed by atoms with Gasteiger partial charge in [-0.3, -0.25) is 18.4 Å². The molecule has 0 aliphatic rings. The second-order valence-corrected chi connectivity index (χ2v) is 7.40. The normalized spacial score (nSPS) is 12.7. The third kappa shape index (κ3) is 7.36. The molecule has 5 nitrogen and oxygen atoms in total. The lowest BCUT2D eigenvalue weighted by Crippen LogP contribution is -2.12. The van der Waals surface area contributed by atoms with Gasteiger partial charge in [-0.25, -0.2) is 8.96 Å². The summed E-state index contributed by atoms with van der Waals surface area (Å²) in [4.78, 5) is 10.7. The highest BCUT2D eigenvalue weighted by Gasteiger charge is 2.28. The highest BCUT2D eigenvalue weighted by molar-refractivity contribution is 7.48. The maximum absolute atomic E-state index is 13.3. The molecule has 0 unspecified atom stereocenters. The molecule has 0 spiro atoms. The van der Waals surface area contributed by atoms with Crippen LogP contribution in [0.25, 0.3) is 0 Å². The zero-order chi connectivity index (χ0) is 18.8. The van der Waals surface area contributed by atoms with E-state index < -0.39 is 19.2 Å². The molecule has 0 heterocycles.